The molecule has 2 heterocycles. The van der Waals surface area contributed by atoms with Crippen LogP contribution in [0.15, 0.2) is 80.7 Å². The van der Waals surface area contributed by atoms with Gasteiger partial charge < -0.3 is 9.73 Å². The van der Waals surface area contributed by atoms with Gasteiger partial charge in [-0.3, -0.25) is 4.79 Å². The van der Waals surface area contributed by atoms with Crippen molar-refractivity contribution >= 4 is 44.3 Å². The van der Waals surface area contributed by atoms with Gasteiger partial charge in [-0.15, -0.1) is 0 Å². The van der Waals surface area contributed by atoms with Gasteiger partial charge in [0.05, 0.1) is 5.69 Å². The second-order valence-corrected chi connectivity index (χ2v) is 7.69. The number of hydrogen-bond acceptors (Lipinski definition) is 4. The minimum atomic E-state index is -0.335. The molecule has 144 valence electrons. The van der Waals surface area contributed by atoms with Crippen LogP contribution in [0.2, 0.25) is 0 Å². The first kappa shape index (κ1) is 19.1. The van der Waals surface area contributed by atoms with Crippen molar-refractivity contribution in [1.29, 1.82) is 0 Å². The van der Waals surface area contributed by atoms with Gasteiger partial charge in [-0.25, -0.2) is 9.98 Å². The van der Waals surface area contributed by atoms with E-state index in [9.17, 15) is 4.79 Å². The fraction of sp³-hybridized carbons (Fsp3) is 0.0870. The van der Waals surface area contributed by atoms with E-state index in [0.717, 1.165) is 21.0 Å². The molecule has 0 fully saturated rings. The molecule has 4 rings (SSSR count). The Kier molecular flexibility index (Phi) is 5.27. The van der Waals surface area contributed by atoms with Gasteiger partial charge >= 0.3 is 0 Å². The van der Waals surface area contributed by atoms with Gasteiger partial charge in [-0.1, -0.05) is 39.7 Å². The lowest BCUT2D eigenvalue weighted by molar-refractivity contribution is 0.102. The molecule has 0 radical (unpaired) electrons. The number of pyridine rings is 1. The summed E-state index contributed by atoms with van der Waals surface area (Å²) in [5, 5.41) is 3.61. The highest BCUT2D eigenvalue weighted by molar-refractivity contribution is 9.10. The SMILES string of the molecule is Cc1ccc(N=c2oc3ccc(Br)cc3cc2C(=O)Nc2ccc(C)cn2)cc1. The molecule has 4 aromatic rings. The highest BCUT2D eigenvalue weighted by Gasteiger charge is 2.14. The average Bonchev–Trinajstić information content (AvgIpc) is 2.71. The zero-order chi connectivity index (χ0) is 20.4. The van der Waals surface area contributed by atoms with Gasteiger partial charge in [0.1, 0.15) is 17.0 Å². The number of nitrogens with zero attached hydrogens (tertiary/aromatic N) is 2. The van der Waals surface area contributed by atoms with Crippen molar-refractivity contribution in [3.8, 4) is 0 Å². The van der Waals surface area contributed by atoms with Crippen LogP contribution in [0.3, 0.4) is 0 Å². The van der Waals surface area contributed by atoms with Crippen LogP contribution in [0.25, 0.3) is 11.0 Å². The first-order valence-corrected chi connectivity index (χ1v) is 9.86. The van der Waals surface area contributed by atoms with Gasteiger partial charge in [-0.05, 0) is 61.9 Å². The lowest BCUT2D eigenvalue weighted by atomic mass is 10.1. The van der Waals surface area contributed by atoms with Gasteiger partial charge in [-0.2, -0.15) is 0 Å². The van der Waals surface area contributed by atoms with Crippen LogP contribution in [0, 0.1) is 13.8 Å². The van der Waals surface area contributed by atoms with Crippen LogP contribution in [0.1, 0.15) is 21.5 Å². The molecule has 0 spiro atoms. The van der Waals surface area contributed by atoms with E-state index in [1.807, 2.05) is 62.4 Å². The number of fused-ring (bicyclic) bond motifs is 1. The Hall–Kier alpha value is -3.25. The molecular weight excluding hydrogens is 430 g/mol. The lowest BCUT2D eigenvalue weighted by Gasteiger charge is -2.07. The summed E-state index contributed by atoms with van der Waals surface area (Å²) in [5.74, 6) is 0.133. The number of amides is 1. The Bertz CT molecular complexity index is 1260. The predicted molar refractivity (Wildman–Crippen MR) is 117 cm³/mol. The summed E-state index contributed by atoms with van der Waals surface area (Å²) in [6.07, 6.45) is 1.70. The standard InChI is InChI=1S/C23H18BrN3O2/c1-14-3-7-18(8-4-14)26-23-19(12-16-11-17(24)6-9-20(16)29-23)22(28)27-21-10-5-15(2)13-25-21/h3-13H,1-2H3,(H,25,27,28). The van der Waals surface area contributed by atoms with E-state index >= 15 is 0 Å². The van der Waals surface area contributed by atoms with Crippen LogP contribution in [-0.4, -0.2) is 10.9 Å². The van der Waals surface area contributed by atoms with E-state index in [1.165, 1.54) is 0 Å². The van der Waals surface area contributed by atoms with Crippen LogP contribution in [0.4, 0.5) is 11.5 Å². The average molecular weight is 448 g/mol. The van der Waals surface area contributed by atoms with Crippen LogP contribution in [0.5, 0.6) is 0 Å². The number of nitrogens with one attached hydrogen (secondary N) is 1. The number of rotatable bonds is 3. The van der Waals surface area contributed by atoms with E-state index in [-0.39, 0.29) is 11.5 Å². The Morgan fingerprint density at radius 2 is 1.76 bits per heavy atom. The molecule has 5 nitrogen and oxygen atoms in total. The number of halogens is 1. The second-order valence-electron chi connectivity index (χ2n) is 6.77. The Morgan fingerprint density at radius 1 is 1.00 bits per heavy atom. The molecule has 0 aliphatic carbocycles. The zero-order valence-corrected chi connectivity index (χ0v) is 17.5. The van der Waals surface area contributed by atoms with Crippen LogP contribution < -0.4 is 10.9 Å². The molecule has 0 aliphatic rings. The van der Waals surface area contributed by atoms with Gasteiger partial charge in [0.15, 0.2) is 0 Å². The maximum absolute atomic E-state index is 13.0. The molecular formula is C23H18BrN3O2. The maximum Gasteiger partial charge on any atom is 0.262 e. The van der Waals surface area contributed by atoms with E-state index < -0.39 is 0 Å². The minimum Gasteiger partial charge on any atom is -0.438 e. The van der Waals surface area contributed by atoms with Crippen LogP contribution >= 0.6 is 15.9 Å². The van der Waals surface area contributed by atoms with Crippen LogP contribution in [-0.2, 0) is 0 Å². The van der Waals surface area contributed by atoms with Crippen molar-refractivity contribution in [2.75, 3.05) is 5.32 Å². The van der Waals surface area contributed by atoms with Gasteiger partial charge in [0, 0.05) is 16.1 Å². The minimum absolute atomic E-state index is 0.244. The van der Waals surface area contributed by atoms with Crippen molar-refractivity contribution in [2.45, 2.75) is 13.8 Å². The van der Waals surface area contributed by atoms with E-state index in [1.54, 1.807) is 18.3 Å². The summed E-state index contributed by atoms with van der Waals surface area (Å²) in [6.45, 7) is 3.95. The highest BCUT2D eigenvalue weighted by Crippen LogP contribution is 2.21. The number of aryl methyl sites for hydroxylation is 2. The number of carbonyl (C=O) groups excluding carboxylic acids is 1. The van der Waals surface area contributed by atoms with E-state index in [4.69, 9.17) is 4.42 Å². The molecule has 1 amide bonds. The number of benzene rings is 2. The quantitative estimate of drug-likeness (QED) is 0.438. The number of hydrogen-bond donors (Lipinski definition) is 1. The normalized spacial score (nSPS) is 11.6. The summed E-state index contributed by atoms with van der Waals surface area (Å²) < 4.78 is 6.89. The first-order valence-electron chi connectivity index (χ1n) is 9.07. The first-order chi connectivity index (χ1) is 14.0. The van der Waals surface area contributed by atoms with Crippen molar-refractivity contribution < 1.29 is 9.21 Å². The molecule has 6 heteroatoms. The Labute approximate surface area is 176 Å². The van der Waals surface area contributed by atoms with Crippen molar-refractivity contribution in [3.63, 3.8) is 0 Å². The summed E-state index contributed by atoms with van der Waals surface area (Å²) in [4.78, 5) is 21.8. The number of anilines is 1. The number of aromatic nitrogens is 1. The molecule has 0 unspecified atom stereocenters. The molecule has 0 bridgehead atoms. The van der Waals surface area contributed by atoms with Crippen molar-refractivity contribution in [3.05, 3.63) is 93.6 Å². The zero-order valence-electron chi connectivity index (χ0n) is 15.9. The summed E-state index contributed by atoms with van der Waals surface area (Å²) >= 11 is 3.46. The van der Waals surface area contributed by atoms with Gasteiger partial charge in [0.2, 0.25) is 5.55 Å². The lowest BCUT2D eigenvalue weighted by Crippen LogP contribution is -2.22. The highest BCUT2D eigenvalue weighted by atomic mass is 79.9. The smallest absolute Gasteiger partial charge is 0.262 e. The summed E-state index contributed by atoms with van der Waals surface area (Å²) in [5.41, 5.74) is 4.07. The van der Waals surface area contributed by atoms with Crippen molar-refractivity contribution in [1.82, 2.24) is 4.98 Å². The molecule has 2 aromatic heterocycles. The van der Waals surface area contributed by atoms with Crippen molar-refractivity contribution in [2.24, 2.45) is 4.99 Å². The van der Waals surface area contributed by atoms with E-state index in [2.05, 4.69) is 31.2 Å². The number of carbonyl (C=O) groups is 1. The largest absolute Gasteiger partial charge is 0.438 e. The Morgan fingerprint density at radius 3 is 2.48 bits per heavy atom. The molecule has 0 saturated carbocycles. The maximum atomic E-state index is 13.0. The molecule has 0 atom stereocenters. The second kappa shape index (κ2) is 8.01. The topological polar surface area (TPSA) is 67.5 Å². The predicted octanol–water partition coefficient (Wildman–Crippen LogP) is 5.69. The summed E-state index contributed by atoms with van der Waals surface area (Å²) in [7, 11) is 0. The molecule has 29 heavy (non-hydrogen) atoms. The molecule has 2 aromatic carbocycles. The molecule has 0 aliphatic heterocycles. The Balaban J connectivity index is 1.83. The fourth-order valence-corrected chi connectivity index (χ4v) is 3.19. The summed E-state index contributed by atoms with van der Waals surface area (Å²) in [6, 6.07) is 18.8. The molecule has 0 saturated heterocycles. The van der Waals surface area contributed by atoms with Gasteiger partial charge in [0.25, 0.3) is 5.91 Å². The fourth-order valence-electron chi connectivity index (χ4n) is 2.81. The third kappa shape index (κ3) is 4.43. The van der Waals surface area contributed by atoms with E-state index in [0.29, 0.717) is 22.7 Å². The third-order valence-corrected chi connectivity index (χ3v) is 4.86. The molecule has 1 N–H and O–H groups in total. The third-order valence-electron chi connectivity index (χ3n) is 4.37. The monoisotopic (exact) mass is 447 g/mol.